The topological polar surface area (TPSA) is 54.9 Å². The number of hydrogen-bond acceptors (Lipinski definition) is 3. The van der Waals surface area contributed by atoms with Crippen molar-refractivity contribution in [2.75, 3.05) is 0 Å². The van der Waals surface area contributed by atoms with Gasteiger partial charge in [-0.2, -0.15) is 26.3 Å². The molecule has 2 rings (SSSR count). The molecule has 0 atom stereocenters. The van der Waals surface area contributed by atoms with Crippen molar-refractivity contribution < 1.29 is 31.1 Å². The maximum Gasteiger partial charge on any atom is 0.484 e. The SMILES string of the molecule is O=C(NC(F)(F)F)c1cnccc1-c1cccc(C(F)(F)F)n1. The maximum absolute atomic E-state index is 12.7. The average molecular weight is 335 g/mol. The summed E-state index contributed by atoms with van der Waals surface area (Å²) in [5, 5.41) is 0.761. The second-order valence-electron chi connectivity index (χ2n) is 4.28. The third kappa shape index (κ3) is 4.18. The van der Waals surface area contributed by atoms with Crippen molar-refractivity contribution in [1.82, 2.24) is 15.3 Å². The molecule has 10 heteroatoms. The summed E-state index contributed by atoms with van der Waals surface area (Å²) in [6, 6.07) is 4.00. The van der Waals surface area contributed by atoms with Gasteiger partial charge in [0.05, 0.1) is 11.3 Å². The molecule has 0 aliphatic heterocycles. The standard InChI is InChI=1S/C13H7F6N3O/c14-12(15,16)10-3-1-2-9(21-10)7-4-5-20-6-8(7)11(23)22-13(17,18)19/h1-6H,(H,22,23). The molecule has 2 heterocycles. The molecular weight excluding hydrogens is 328 g/mol. The maximum atomic E-state index is 12.7. The average Bonchev–Trinajstić information content (AvgIpc) is 2.45. The molecule has 0 aromatic carbocycles. The summed E-state index contributed by atoms with van der Waals surface area (Å²) in [4.78, 5) is 18.5. The Balaban J connectivity index is 2.48. The molecule has 2 aromatic rings. The summed E-state index contributed by atoms with van der Waals surface area (Å²) in [7, 11) is 0. The molecule has 1 N–H and O–H groups in total. The summed E-state index contributed by atoms with van der Waals surface area (Å²) in [5.74, 6) is -1.54. The van der Waals surface area contributed by atoms with E-state index in [-0.39, 0.29) is 11.3 Å². The van der Waals surface area contributed by atoms with Gasteiger partial charge >= 0.3 is 12.5 Å². The molecule has 2 aromatic heterocycles. The zero-order valence-electron chi connectivity index (χ0n) is 11.0. The van der Waals surface area contributed by atoms with Gasteiger partial charge < -0.3 is 0 Å². The smallest absolute Gasteiger partial charge is 0.269 e. The molecule has 23 heavy (non-hydrogen) atoms. The van der Waals surface area contributed by atoms with Crippen molar-refractivity contribution in [3.05, 3.63) is 47.9 Å². The van der Waals surface area contributed by atoms with Crippen LogP contribution in [0.25, 0.3) is 11.3 Å². The fraction of sp³-hybridized carbons (Fsp3) is 0.154. The number of carbonyl (C=O) groups is 1. The van der Waals surface area contributed by atoms with E-state index in [1.165, 1.54) is 0 Å². The summed E-state index contributed by atoms with van der Waals surface area (Å²) < 4.78 is 74.7. The number of nitrogens with zero attached hydrogens (tertiary/aromatic N) is 2. The summed E-state index contributed by atoms with van der Waals surface area (Å²) in [6.07, 6.45) is -7.76. The molecule has 122 valence electrons. The van der Waals surface area contributed by atoms with Gasteiger partial charge in [-0.05, 0) is 18.2 Å². The van der Waals surface area contributed by atoms with Gasteiger partial charge in [0.1, 0.15) is 5.69 Å². The zero-order valence-corrected chi connectivity index (χ0v) is 11.0. The van der Waals surface area contributed by atoms with E-state index in [0.29, 0.717) is 6.07 Å². The molecule has 0 spiro atoms. The normalized spacial score (nSPS) is 12.1. The molecular formula is C13H7F6N3O. The van der Waals surface area contributed by atoms with Crippen LogP contribution in [0.3, 0.4) is 0 Å². The van der Waals surface area contributed by atoms with E-state index in [9.17, 15) is 31.1 Å². The molecule has 0 fully saturated rings. The van der Waals surface area contributed by atoms with Gasteiger partial charge in [0.25, 0.3) is 5.91 Å². The molecule has 0 radical (unpaired) electrons. The predicted octanol–water partition coefficient (Wildman–Crippen LogP) is 3.41. The number of hydrogen-bond donors (Lipinski definition) is 1. The summed E-state index contributed by atoms with van der Waals surface area (Å²) in [6.45, 7) is 0. The Morgan fingerprint density at radius 2 is 1.74 bits per heavy atom. The van der Waals surface area contributed by atoms with E-state index in [1.54, 1.807) is 0 Å². The fourth-order valence-electron chi connectivity index (χ4n) is 1.74. The van der Waals surface area contributed by atoms with E-state index in [2.05, 4.69) is 9.97 Å². The van der Waals surface area contributed by atoms with E-state index >= 15 is 0 Å². The molecule has 0 unspecified atom stereocenters. The van der Waals surface area contributed by atoms with Crippen LogP contribution in [0.1, 0.15) is 16.1 Å². The van der Waals surface area contributed by atoms with Crippen molar-refractivity contribution in [2.24, 2.45) is 0 Å². The van der Waals surface area contributed by atoms with Crippen LogP contribution >= 0.6 is 0 Å². The van der Waals surface area contributed by atoms with Crippen molar-refractivity contribution in [3.8, 4) is 11.3 Å². The molecule has 0 saturated heterocycles. The zero-order chi connectivity index (χ0) is 17.3. The van der Waals surface area contributed by atoms with Crippen LogP contribution in [0.5, 0.6) is 0 Å². The number of halogens is 6. The van der Waals surface area contributed by atoms with Gasteiger partial charge in [-0.3, -0.25) is 15.1 Å². The van der Waals surface area contributed by atoms with Gasteiger partial charge in [-0.1, -0.05) is 6.07 Å². The Bertz CT molecular complexity index is 726. The van der Waals surface area contributed by atoms with Gasteiger partial charge in [-0.15, -0.1) is 0 Å². The second-order valence-corrected chi connectivity index (χ2v) is 4.28. The van der Waals surface area contributed by atoms with Crippen molar-refractivity contribution in [2.45, 2.75) is 12.5 Å². The van der Waals surface area contributed by atoms with Gasteiger partial charge in [0.15, 0.2) is 0 Å². The minimum Gasteiger partial charge on any atom is -0.269 e. The Kier molecular flexibility index (Phi) is 4.26. The lowest BCUT2D eigenvalue weighted by Crippen LogP contribution is -2.37. The first-order chi connectivity index (χ1) is 10.6. The monoisotopic (exact) mass is 335 g/mol. The van der Waals surface area contributed by atoms with E-state index in [1.807, 2.05) is 0 Å². The van der Waals surface area contributed by atoms with Crippen LogP contribution in [-0.2, 0) is 6.18 Å². The number of pyridine rings is 2. The number of nitrogens with one attached hydrogen (secondary N) is 1. The largest absolute Gasteiger partial charge is 0.484 e. The van der Waals surface area contributed by atoms with Crippen LogP contribution in [-0.4, -0.2) is 22.2 Å². The molecule has 0 aliphatic rings. The lowest BCUT2D eigenvalue weighted by molar-refractivity contribution is -0.146. The minimum absolute atomic E-state index is 0.201. The molecule has 4 nitrogen and oxygen atoms in total. The van der Waals surface area contributed by atoms with E-state index < -0.39 is 29.6 Å². The second kappa shape index (κ2) is 5.86. The number of aromatic nitrogens is 2. The highest BCUT2D eigenvalue weighted by atomic mass is 19.4. The van der Waals surface area contributed by atoms with Crippen molar-refractivity contribution in [1.29, 1.82) is 0 Å². The third-order valence-electron chi connectivity index (χ3n) is 2.64. The number of carbonyl (C=O) groups excluding carboxylic acids is 1. The Morgan fingerprint density at radius 1 is 1.04 bits per heavy atom. The van der Waals surface area contributed by atoms with Crippen molar-refractivity contribution >= 4 is 5.91 Å². The highest BCUT2D eigenvalue weighted by Gasteiger charge is 2.34. The quantitative estimate of drug-likeness (QED) is 0.676. The van der Waals surface area contributed by atoms with Crippen molar-refractivity contribution in [3.63, 3.8) is 0 Å². The summed E-state index contributed by atoms with van der Waals surface area (Å²) in [5.41, 5.74) is -2.27. The van der Waals surface area contributed by atoms with Crippen LogP contribution in [0.4, 0.5) is 26.3 Å². The lowest BCUT2D eigenvalue weighted by Gasteiger charge is -2.12. The Labute approximate surface area is 125 Å². The van der Waals surface area contributed by atoms with Gasteiger partial charge in [-0.25, -0.2) is 4.98 Å². The van der Waals surface area contributed by atoms with Gasteiger partial charge in [0.2, 0.25) is 0 Å². The Morgan fingerprint density at radius 3 is 2.35 bits per heavy atom. The minimum atomic E-state index is -4.98. The number of amides is 1. The third-order valence-corrected chi connectivity index (χ3v) is 2.64. The molecule has 0 saturated carbocycles. The van der Waals surface area contributed by atoms with Gasteiger partial charge in [0, 0.05) is 18.0 Å². The lowest BCUT2D eigenvalue weighted by atomic mass is 10.1. The number of rotatable bonds is 2. The highest BCUT2D eigenvalue weighted by Crippen LogP contribution is 2.30. The number of alkyl halides is 6. The highest BCUT2D eigenvalue weighted by molar-refractivity contribution is 6.00. The van der Waals surface area contributed by atoms with E-state index in [4.69, 9.17) is 0 Å². The van der Waals surface area contributed by atoms with Crippen LogP contribution < -0.4 is 5.32 Å². The van der Waals surface area contributed by atoms with E-state index in [0.717, 1.165) is 35.9 Å². The first kappa shape index (κ1) is 16.7. The first-order valence-corrected chi connectivity index (χ1v) is 5.96. The molecule has 0 aliphatic carbocycles. The van der Waals surface area contributed by atoms with Crippen LogP contribution in [0.15, 0.2) is 36.7 Å². The molecule has 1 amide bonds. The Hall–Kier alpha value is -2.65. The fourth-order valence-corrected chi connectivity index (χ4v) is 1.74. The van der Waals surface area contributed by atoms with Crippen LogP contribution in [0, 0.1) is 0 Å². The summed E-state index contributed by atoms with van der Waals surface area (Å²) >= 11 is 0. The first-order valence-electron chi connectivity index (χ1n) is 5.96. The predicted molar refractivity (Wildman–Crippen MR) is 66.0 cm³/mol. The van der Waals surface area contributed by atoms with Crippen LogP contribution in [0.2, 0.25) is 0 Å². The molecule has 0 bridgehead atoms.